The van der Waals surface area contributed by atoms with E-state index in [9.17, 15) is 44.5 Å². The molecule has 0 spiro atoms. The van der Waals surface area contributed by atoms with Crippen LogP contribution in [-0.4, -0.2) is 47.6 Å². The maximum atomic E-state index is 13.3. The first kappa shape index (κ1) is 20.5. The van der Waals surface area contributed by atoms with Gasteiger partial charge in [0, 0.05) is 0 Å². The summed E-state index contributed by atoms with van der Waals surface area (Å²) in [5, 5.41) is 2.97. The van der Waals surface area contributed by atoms with E-state index in [0.717, 1.165) is 0 Å². The molecule has 140 valence electrons. The molecule has 1 aliphatic rings. The van der Waals surface area contributed by atoms with Crippen LogP contribution in [0, 0.1) is 11.8 Å². The summed E-state index contributed by atoms with van der Waals surface area (Å²) < 4.78 is 99.2. The van der Waals surface area contributed by atoms with Gasteiger partial charge in [-0.15, -0.1) is 0 Å². The minimum absolute atomic E-state index is 0.0813. The van der Waals surface area contributed by atoms with Crippen molar-refractivity contribution < 1.29 is 54.4 Å². The first-order valence-electron chi connectivity index (χ1n) is 6.53. The average molecular weight is 383 g/mol. The Morgan fingerprint density at radius 2 is 1.54 bits per heavy atom. The second-order valence-corrected chi connectivity index (χ2v) is 6.66. The zero-order chi connectivity index (χ0) is 18.9. The molecule has 1 fully saturated rings. The first-order chi connectivity index (χ1) is 10.7. The van der Waals surface area contributed by atoms with Crippen LogP contribution < -0.4 is 0 Å². The van der Waals surface area contributed by atoms with Crippen molar-refractivity contribution in [2.24, 2.45) is 11.8 Å². The van der Waals surface area contributed by atoms with E-state index in [2.05, 4.69) is 4.74 Å². The fourth-order valence-electron chi connectivity index (χ4n) is 2.37. The molecule has 1 rings (SSSR count). The predicted molar refractivity (Wildman–Crippen MR) is 63.7 cm³/mol. The maximum Gasteiger partial charge on any atom is 0.432 e. The maximum absolute atomic E-state index is 13.3. The van der Waals surface area contributed by atoms with Crippen LogP contribution in [0.3, 0.4) is 0 Å². The molecule has 3 atom stereocenters. The molecule has 0 heterocycles. The van der Waals surface area contributed by atoms with Crippen LogP contribution in [0.25, 0.3) is 0 Å². The summed E-state index contributed by atoms with van der Waals surface area (Å²) in [4.78, 5) is 22.7. The van der Waals surface area contributed by atoms with E-state index >= 15 is 0 Å². The van der Waals surface area contributed by atoms with Crippen LogP contribution in [0.4, 0.5) is 22.0 Å². The topological polar surface area (TPSA) is 121 Å². The molecule has 13 heteroatoms. The highest BCUT2D eigenvalue weighted by molar-refractivity contribution is 7.86. The van der Waals surface area contributed by atoms with Gasteiger partial charge in [-0.3, -0.25) is 9.59 Å². The summed E-state index contributed by atoms with van der Waals surface area (Å²) >= 11 is 0. The number of rotatable bonds is 5. The molecule has 0 aliphatic heterocycles. The number of carbonyl (C=O) groups excluding carboxylic acids is 1. The zero-order valence-electron chi connectivity index (χ0n) is 11.8. The summed E-state index contributed by atoms with van der Waals surface area (Å²) in [6.07, 6.45) is -10.3. The molecule has 0 aromatic carbocycles. The van der Waals surface area contributed by atoms with Gasteiger partial charge in [0.1, 0.15) is 0 Å². The highest BCUT2D eigenvalue weighted by Crippen LogP contribution is 2.40. The van der Waals surface area contributed by atoms with Crippen LogP contribution >= 0.6 is 0 Å². The van der Waals surface area contributed by atoms with E-state index in [1.54, 1.807) is 0 Å². The standard InChI is InChI=1S/C11H13F5O7S/c12-10(13,14)9(11(15,16)24(20,21)22)23-8(19)6-4-2-1-3-5(6)7(17)18/h5-6,9H,1-4H2,(H,17,18)(H,20,21,22)/p-1. The number of carboxylic acid groups (broad SMARTS) is 1. The Kier molecular flexibility index (Phi) is 5.81. The van der Waals surface area contributed by atoms with Crippen molar-refractivity contribution in [2.45, 2.75) is 43.2 Å². The minimum atomic E-state index is -6.79. The van der Waals surface area contributed by atoms with Gasteiger partial charge in [0.05, 0.1) is 11.8 Å². The van der Waals surface area contributed by atoms with Gasteiger partial charge in [0.15, 0.2) is 10.1 Å². The molecular formula is C11H12F5O7S-. The Bertz CT molecular complexity index is 600. The Hall–Kier alpha value is -1.50. The van der Waals surface area contributed by atoms with Crippen molar-refractivity contribution in [3.05, 3.63) is 0 Å². The highest BCUT2D eigenvalue weighted by atomic mass is 32.2. The summed E-state index contributed by atoms with van der Waals surface area (Å²) in [5.41, 5.74) is 0. The minimum Gasteiger partial charge on any atom is -0.743 e. The van der Waals surface area contributed by atoms with Gasteiger partial charge in [-0.1, -0.05) is 12.8 Å². The third-order valence-electron chi connectivity index (χ3n) is 3.56. The van der Waals surface area contributed by atoms with Gasteiger partial charge in [-0.25, -0.2) is 8.42 Å². The van der Waals surface area contributed by atoms with Gasteiger partial charge in [0.2, 0.25) is 0 Å². The molecule has 7 nitrogen and oxygen atoms in total. The first-order valence-corrected chi connectivity index (χ1v) is 7.93. The number of carbonyl (C=O) groups is 2. The van der Waals surface area contributed by atoms with E-state index in [4.69, 9.17) is 5.11 Å². The van der Waals surface area contributed by atoms with E-state index in [0.29, 0.717) is 6.42 Å². The van der Waals surface area contributed by atoms with Crippen molar-refractivity contribution >= 4 is 22.1 Å². The van der Waals surface area contributed by atoms with E-state index in [1.807, 2.05) is 0 Å². The fraction of sp³-hybridized carbons (Fsp3) is 0.818. The molecular weight excluding hydrogens is 371 g/mol. The van der Waals surface area contributed by atoms with Crippen molar-refractivity contribution in [1.82, 2.24) is 0 Å². The number of aliphatic carboxylic acids is 1. The molecule has 1 aliphatic carbocycles. The largest absolute Gasteiger partial charge is 0.743 e. The van der Waals surface area contributed by atoms with Crippen LogP contribution in [-0.2, 0) is 24.4 Å². The van der Waals surface area contributed by atoms with Crippen molar-refractivity contribution in [3.8, 4) is 0 Å². The van der Waals surface area contributed by atoms with Gasteiger partial charge in [0.25, 0.3) is 6.10 Å². The molecule has 3 unspecified atom stereocenters. The summed E-state index contributed by atoms with van der Waals surface area (Å²) in [6.45, 7) is 0. The van der Waals surface area contributed by atoms with E-state index < -0.39 is 51.4 Å². The SMILES string of the molecule is O=C(O)C1CCCCC1C(=O)OC(C(F)(F)F)C(F)(F)S(=O)(=O)[O-]. The van der Waals surface area contributed by atoms with Crippen molar-refractivity contribution in [1.29, 1.82) is 0 Å². The van der Waals surface area contributed by atoms with Crippen LogP contribution in [0.2, 0.25) is 0 Å². The highest BCUT2D eigenvalue weighted by Gasteiger charge is 2.63. The second-order valence-electron chi connectivity index (χ2n) is 5.21. The fourth-order valence-corrected chi connectivity index (χ4v) is 2.81. The number of carboxylic acids is 1. The van der Waals surface area contributed by atoms with Crippen molar-refractivity contribution in [2.75, 3.05) is 0 Å². The summed E-state index contributed by atoms with van der Waals surface area (Å²) in [7, 11) is -6.79. The molecule has 1 saturated carbocycles. The Labute approximate surface area is 132 Å². The van der Waals surface area contributed by atoms with Crippen molar-refractivity contribution in [3.63, 3.8) is 0 Å². The molecule has 1 N–H and O–H groups in total. The second kappa shape index (κ2) is 6.78. The quantitative estimate of drug-likeness (QED) is 0.434. The molecule has 0 bridgehead atoms. The molecule has 0 saturated heterocycles. The number of alkyl halides is 5. The third kappa shape index (κ3) is 4.32. The number of hydrogen-bond donors (Lipinski definition) is 1. The molecule has 0 aromatic heterocycles. The lowest BCUT2D eigenvalue weighted by Gasteiger charge is -2.32. The lowest BCUT2D eigenvalue weighted by atomic mass is 9.79. The average Bonchev–Trinajstić information content (AvgIpc) is 2.41. The lowest BCUT2D eigenvalue weighted by molar-refractivity contribution is -0.261. The van der Waals surface area contributed by atoms with Crippen LogP contribution in [0.15, 0.2) is 0 Å². The number of hydrogen-bond acceptors (Lipinski definition) is 6. The molecule has 24 heavy (non-hydrogen) atoms. The van der Waals surface area contributed by atoms with Crippen LogP contribution in [0.5, 0.6) is 0 Å². The number of halogens is 5. The van der Waals surface area contributed by atoms with Gasteiger partial charge < -0.3 is 14.4 Å². The smallest absolute Gasteiger partial charge is 0.432 e. The number of esters is 1. The van der Waals surface area contributed by atoms with Gasteiger partial charge >= 0.3 is 23.4 Å². The lowest BCUT2D eigenvalue weighted by Crippen LogP contribution is -2.53. The molecule has 0 amide bonds. The number of ether oxygens (including phenoxy) is 1. The summed E-state index contributed by atoms with van der Waals surface area (Å²) in [5.74, 6) is -6.56. The molecule has 0 aromatic rings. The Balaban J connectivity index is 3.11. The van der Waals surface area contributed by atoms with Gasteiger partial charge in [-0.2, -0.15) is 22.0 Å². The normalized spacial score (nSPS) is 24.2. The predicted octanol–water partition coefficient (Wildman–Crippen LogP) is 1.49. The Morgan fingerprint density at radius 1 is 1.08 bits per heavy atom. The van der Waals surface area contributed by atoms with E-state index in [-0.39, 0.29) is 19.3 Å². The zero-order valence-corrected chi connectivity index (χ0v) is 12.6. The third-order valence-corrected chi connectivity index (χ3v) is 4.44. The Morgan fingerprint density at radius 3 is 1.92 bits per heavy atom. The molecule has 0 radical (unpaired) electrons. The monoisotopic (exact) mass is 383 g/mol. The van der Waals surface area contributed by atoms with Crippen LogP contribution in [0.1, 0.15) is 25.7 Å². The van der Waals surface area contributed by atoms with E-state index in [1.165, 1.54) is 0 Å². The summed E-state index contributed by atoms with van der Waals surface area (Å²) in [6, 6.07) is 0. The van der Waals surface area contributed by atoms with Gasteiger partial charge in [-0.05, 0) is 12.8 Å².